The van der Waals surface area contributed by atoms with Crippen molar-refractivity contribution < 1.29 is 17.9 Å². The number of thiazole rings is 1. The number of nitrogens with one attached hydrogen (secondary N) is 1. The van der Waals surface area contributed by atoms with E-state index in [9.17, 15) is 18.0 Å². The largest absolute Gasteiger partial charge is 0.492 e. The van der Waals surface area contributed by atoms with Crippen molar-refractivity contribution in [2.75, 3.05) is 32.8 Å². The van der Waals surface area contributed by atoms with Gasteiger partial charge in [0, 0.05) is 43.3 Å². The number of hydrogen-bond donors (Lipinski definition) is 1. The van der Waals surface area contributed by atoms with Gasteiger partial charge in [-0.05, 0) is 31.5 Å². The summed E-state index contributed by atoms with van der Waals surface area (Å²) >= 11 is 12.6. The Kier molecular flexibility index (Phi) is 7.46. The number of halogens is 2. The number of carbonyl (C=O) groups is 1. The number of sulfonamides is 1. The van der Waals surface area contributed by atoms with Crippen molar-refractivity contribution in [2.24, 2.45) is 0 Å². The van der Waals surface area contributed by atoms with Crippen molar-refractivity contribution in [3.8, 4) is 5.75 Å². The molecular formula is C18H21Cl2N3O5S2. The quantitative estimate of drug-likeness (QED) is 0.597. The van der Waals surface area contributed by atoms with E-state index in [1.54, 1.807) is 30.0 Å². The summed E-state index contributed by atoms with van der Waals surface area (Å²) in [5, 5.41) is 0.929. The Labute approximate surface area is 188 Å². The van der Waals surface area contributed by atoms with Crippen LogP contribution in [0.5, 0.6) is 5.75 Å². The van der Waals surface area contributed by atoms with E-state index in [-0.39, 0.29) is 29.6 Å². The first-order valence-corrected chi connectivity index (χ1v) is 12.2. The maximum atomic E-state index is 12.7. The summed E-state index contributed by atoms with van der Waals surface area (Å²) in [5.74, 6) is 0.454. The summed E-state index contributed by atoms with van der Waals surface area (Å²) in [6, 6.07) is 4.94. The second-order valence-corrected chi connectivity index (χ2v) is 10.7. The van der Waals surface area contributed by atoms with Crippen molar-refractivity contribution in [1.82, 2.24) is 14.2 Å². The summed E-state index contributed by atoms with van der Waals surface area (Å²) in [4.78, 5) is 27.6. The zero-order chi connectivity index (χ0) is 21.9. The number of benzene rings is 1. The van der Waals surface area contributed by atoms with Crippen LogP contribution in [0, 0.1) is 6.92 Å². The zero-order valence-corrected chi connectivity index (χ0v) is 19.3. The standard InChI is InChI=1S/C18H21Cl2N3O5S2/c1-12-17(29-18(25)21-12)30(26,27)23-8-6-22(7-9-23)16(24)3-2-10-28-15-5-4-13(19)11-14(15)20/h4-5,11H,2-3,6-10H2,1H3,(H,21,25). The molecule has 0 atom stereocenters. The zero-order valence-electron chi connectivity index (χ0n) is 16.2. The molecule has 164 valence electrons. The molecule has 0 radical (unpaired) electrons. The van der Waals surface area contributed by atoms with E-state index in [2.05, 4.69) is 4.98 Å². The van der Waals surface area contributed by atoms with Crippen molar-refractivity contribution in [3.05, 3.63) is 43.6 Å². The average molecular weight is 494 g/mol. The molecule has 0 spiro atoms. The number of rotatable bonds is 7. The predicted octanol–water partition coefficient (Wildman–Crippen LogP) is 2.74. The molecule has 1 N–H and O–H groups in total. The van der Waals surface area contributed by atoms with E-state index in [0.717, 1.165) is 0 Å². The first-order chi connectivity index (χ1) is 14.2. The molecule has 1 aromatic carbocycles. The molecule has 1 aromatic heterocycles. The molecule has 1 aliphatic rings. The van der Waals surface area contributed by atoms with Crippen LogP contribution in [0.25, 0.3) is 0 Å². The van der Waals surface area contributed by atoms with Gasteiger partial charge >= 0.3 is 4.87 Å². The lowest BCUT2D eigenvalue weighted by Gasteiger charge is -2.33. The van der Waals surface area contributed by atoms with Gasteiger partial charge in [-0.25, -0.2) is 8.42 Å². The van der Waals surface area contributed by atoms with Crippen LogP contribution in [0.2, 0.25) is 10.0 Å². The summed E-state index contributed by atoms with van der Waals surface area (Å²) in [7, 11) is -3.74. The van der Waals surface area contributed by atoms with Crippen molar-refractivity contribution >= 4 is 50.5 Å². The van der Waals surface area contributed by atoms with Crippen molar-refractivity contribution in [1.29, 1.82) is 0 Å². The normalized spacial score (nSPS) is 15.4. The lowest BCUT2D eigenvalue weighted by Crippen LogP contribution is -2.50. The molecule has 0 bridgehead atoms. The van der Waals surface area contributed by atoms with Gasteiger partial charge in [0.25, 0.3) is 10.0 Å². The van der Waals surface area contributed by atoms with Crippen LogP contribution in [-0.2, 0) is 14.8 Å². The highest BCUT2D eigenvalue weighted by molar-refractivity contribution is 7.91. The molecule has 1 amide bonds. The molecule has 1 saturated heterocycles. The van der Waals surface area contributed by atoms with E-state index in [4.69, 9.17) is 27.9 Å². The Morgan fingerprint density at radius 1 is 1.23 bits per heavy atom. The molecule has 8 nitrogen and oxygen atoms in total. The molecule has 0 unspecified atom stereocenters. The first kappa shape index (κ1) is 23.1. The molecule has 30 heavy (non-hydrogen) atoms. The van der Waals surface area contributed by atoms with Crippen LogP contribution < -0.4 is 9.61 Å². The maximum Gasteiger partial charge on any atom is 0.305 e. The summed E-state index contributed by atoms with van der Waals surface area (Å²) in [5.41, 5.74) is 0.337. The number of aromatic nitrogens is 1. The lowest BCUT2D eigenvalue weighted by molar-refractivity contribution is -0.132. The fraction of sp³-hybridized carbons (Fsp3) is 0.444. The lowest BCUT2D eigenvalue weighted by atomic mass is 10.2. The van der Waals surface area contributed by atoms with Gasteiger partial charge in [0.05, 0.1) is 11.6 Å². The number of ether oxygens (including phenoxy) is 1. The van der Waals surface area contributed by atoms with E-state index in [1.165, 1.54) is 4.31 Å². The second-order valence-electron chi connectivity index (χ2n) is 6.74. The van der Waals surface area contributed by atoms with Crippen LogP contribution in [0.15, 0.2) is 27.2 Å². The molecule has 0 aliphatic carbocycles. The topological polar surface area (TPSA) is 99.8 Å². The Bertz CT molecular complexity index is 1080. The van der Waals surface area contributed by atoms with E-state index in [0.29, 0.717) is 58.9 Å². The molecular weight excluding hydrogens is 473 g/mol. The third-order valence-corrected chi connectivity index (χ3v) is 8.64. The average Bonchev–Trinajstić information content (AvgIpc) is 3.05. The summed E-state index contributed by atoms with van der Waals surface area (Å²) in [6.45, 7) is 2.88. The van der Waals surface area contributed by atoms with Gasteiger partial charge < -0.3 is 14.6 Å². The highest BCUT2D eigenvalue weighted by Crippen LogP contribution is 2.27. The van der Waals surface area contributed by atoms with E-state index < -0.39 is 14.9 Å². The number of aromatic amines is 1. The van der Waals surface area contributed by atoms with Crippen LogP contribution in [0.4, 0.5) is 0 Å². The predicted molar refractivity (Wildman–Crippen MR) is 116 cm³/mol. The maximum absolute atomic E-state index is 12.7. The highest BCUT2D eigenvalue weighted by Gasteiger charge is 2.32. The minimum absolute atomic E-state index is 0.0327. The SMILES string of the molecule is Cc1[nH]c(=O)sc1S(=O)(=O)N1CCN(C(=O)CCCOc2ccc(Cl)cc2Cl)CC1. The van der Waals surface area contributed by atoms with Crippen molar-refractivity contribution in [2.45, 2.75) is 24.0 Å². The molecule has 3 rings (SSSR count). The van der Waals surface area contributed by atoms with E-state index >= 15 is 0 Å². The minimum atomic E-state index is -3.74. The third-order valence-electron chi connectivity index (χ3n) is 4.63. The smallest absolute Gasteiger partial charge is 0.305 e. The molecule has 0 saturated carbocycles. The summed E-state index contributed by atoms with van der Waals surface area (Å²) < 4.78 is 32.4. The molecule has 1 aliphatic heterocycles. The Morgan fingerprint density at radius 2 is 1.93 bits per heavy atom. The van der Waals surface area contributed by atoms with Gasteiger partial charge in [0.2, 0.25) is 5.91 Å². The van der Waals surface area contributed by atoms with Crippen LogP contribution in [0.1, 0.15) is 18.5 Å². The van der Waals surface area contributed by atoms with Crippen LogP contribution in [-0.4, -0.2) is 61.3 Å². The monoisotopic (exact) mass is 493 g/mol. The fourth-order valence-corrected chi connectivity index (χ4v) is 6.41. The number of hydrogen-bond acceptors (Lipinski definition) is 6. The first-order valence-electron chi connectivity index (χ1n) is 9.24. The van der Waals surface area contributed by atoms with Crippen molar-refractivity contribution in [3.63, 3.8) is 0 Å². The Morgan fingerprint density at radius 3 is 2.53 bits per heavy atom. The van der Waals surface area contributed by atoms with Gasteiger partial charge in [-0.15, -0.1) is 0 Å². The number of nitrogens with zero attached hydrogens (tertiary/aromatic N) is 2. The van der Waals surface area contributed by atoms with Gasteiger partial charge in [-0.3, -0.25) is 9.59 Å². The van der Waals surface area contributed by atoms with Gasteiger partial charge in [-0.2, -0.15) is 4.31 Å². The Balaban J connectivity index is 1.46. The minimum Gasteiger partial charge on any atom is -0.492 e. The van der Waals surface area contributed by atoms with Crippen LogP contribution in [0.3, 0.4) is 0 Å². The van der Waals surface area contributed by atoms with Gasteiger partial charge in [0.15, 0.2) is 4.21 Å². The van der Waals surface area contributed by atoms with Gasteiger partial charge in [0.1, 0.15) is 5.75 Å². The molecule has 12 heteroatoms. The molecule has 2 aromatic rings. The van der Waals surface area contributed by atoms with E-state index in [1.807, 2.05) is 0 Å². The number of piperazine rings is 1. The number of H-pyrrole nitrogens is 1. The number of carbonyl (C=O) groups excluding carboxylic acids is 1. The highest BCUT2D eigenvalue weighted by atomic mass is 35.5. The fourth-order valence-electron chi connectivity index (χ4n) is 3.09. The number of amides is 1. The van der Waals surface area contributed by atoms with Crippen LogP contribution >= 0.6 is 34.5 Å². The number of aryl methyl sites for hydroxylation is 1. The molecule has 2 heterocycles. The third kappa shape index (κ3) is 5.36. The molecule has 1 fully saturated rings. The van der Waals surface area contributed by atoms with Gasteiger partial charge in [-0.1, -0.05) is 34.5 Å². The summed E-state index contributed by atoms with van der Waals surface area (Å²) in [6.07, 6.45) is 0.795. The second kappa shape index (κ2) is 9.69. The Hall–Kier alpha value is -1.59.